The van der Waals surface area contributed by atoms with E-state index in [2.05, 4.69) is 10.2 Å². The molecule has 1 saturated carbocycles. The Morgan fingerprint density at radius 1 is 1.31 bits per heavy atom. The molecule has 7 nitrogen and oxygen atoms in total. The fourth-order valence-electron chi connectivity index (χ4n) is 3.58. The number of carbonyl (C=O) groups is 1. The van der Waals surface area contributed by atoms with Crippen LogP contribution in [-0.4, -0.2) is 46.2 Å². The number of Topliss-reactive ketones (excluding diaryl/α,β-unsaturated/α-hetero) is 1. The largest absolute Gasteiger partial charge is 0.416 e. The molecule has 1 aliphatic heterocycles. The normalized spacial score (nSPS) is 22.0. The lowest BCUT2D eigenvalue weighted by molar-refractivity contribution is 0.102. The number of thioether (sulfide) groups is 1. The van der Waals surface area contributed by atoms with Gasteiger partial charge in [0.25, 0.3) is 5.22 Å². The lowest BCUT2D eigenvalue weighted by Crippen LogP contribution is -2.14. The number of aromatic nitrogens is 3. The lowest BCUT2D eigenvalue weighted by atomic mass is 10.2. The van der Waals surface area contributed by atoms with Crippen molar-refractivity contribution in [3.63, 3.8) is 0 Å². The summed E-state index contributed by atoms with van der Waals surface area (Å²) in [6.07, 6.45) is 2.79. The Morgan fingerprint density at radius 3 is 2.73 bits per heavy atom. The zero-order chi connectivity index (χ0) is 18.5. The number of sulfone groups is 1. The molecule has 1 aliphatic carbocycles. The van der Waals surface area contributed by atoms with Crippen molar-refractivity contribution in [3.8, 4) is 0 Å². The summed E-state index contributed by atoms with van der Waals surface area (Å²) in [5.41, 5.74) is 2.40. The highest BCUT2D eigenvalue weighted by molar-refractivity contribution is 7.99. The van der Waals surface area contributed by atoms with Gasteiger partial charge in [-0.3, -0.25) is 4.79 Å². The Balaban J connectivity index is 1.46. The average Bonchev–Trinajstić information content (AvgIpc) is 3.11. The predicted molar refractivity (Wildman–Crippen MR) is 97.5 cm³/mol. The maximum Gasteiger partial charge on any atom is 0.277 e. The van der Waals surface area contributed by atoms with Gasteiger partial charge in [-0.2, -0.15) is 0 Å². The SMILES string of the molecule is Cc1cc(C(=O)CSc2nnc(C3CC3)o2)c(C)n1[C@H]1CCS(=O)(=O)C1. The summed E-state index contributed by atoms with van der Waals surface area (Å²) in [5.74, 6) is 1.64. The number of ketones is 1. The Kier molecular flexibility index (Phi) is 4.46. The van der Waals surface area contributed by atoms with Crippen LogP contribution in [0.25, 0.3) is 0 Å². The Hall–Kier alpha value is -1.61. The molecule has 2 fully saturated rings. The maximum absolute atomic E-state index is 12.7. The lowest BCUT2D eigenvalue weighted by Gasteiger charge is -2.16. The third kappa shape index (κ3) is 3.46. The molecule has 2 aliphatic rings. The molecular formula is C17H21N3O4S2. The molecule has 0 spiro atoms. The third-order valence-electron chi connectivity index (χ3n) is 5.03. The number of hydrogen-bond donors (Lipinski definition) is 0. The van der Waals surface area contributed by atoms with E-state index in [9.17, 15) is 13.2 Å². The minimum atomic E-state index is -2.97. The van der Waals surface area contributed by atoms with Crippen molar-refractivity contribution in [3.05, 3.63) is 28.9 Å². The Labute approximate surface area is 156 Å². The molecule has 4 rings (SSSR count). The van der Waals surface area contributed by atoms with Gasteiger partial charge in [0.15, 0.2) is 15.6 Å². The summed E-state index contributed by atoms with van der Waals surface area (Å²) in [6, 6.07) is 1.78. The highest BCUT2D eigenvalue weighted by atomic mass is 32.2. The highest BCUT2D eigenvalue weighted by Crippen LogP contribution is 2.40. The first-order valence-electron chi connectivity index (χ1n) is 8.72. The van der Waals surface area contributed by atoms with Crippen LogP contribution in [0.5, 0.6) is 0 Å². The molecule has 3 heterocycles. The van der Waals surface area contributed by atoms with E-state index in [4.69, 9.17) is 4.42 Å². The molecule has 26 heavy (non-hydrogen) atoms. The van der Waals surface area contributed by atoms with Crippen LogP contribution in [0.4, 0.5) is 0 Å². The van der Waals surface area contributed by atoms with Crippen LogP contribution in [-0.2, 0) is 9.84 Å². The van der Waals surface area contributed by atoms with Crippen LogP contribution in [0.15, 0.2) is 15.7 Å². The second-order valence-corrected chi connectivity index (χ2v) is 10.3. The van der Waals surface area contributed by atoms with Crippen molar-refractivity contribution in [2.45, 2.75) is 50.3 Å². The molecule has 1 atom stereocenters. The fourth-order valence-corrected chi connectivity index (χ4v) is 5.93. The quantitative estimate of drug-likeness (QED) is 0.548. The van der Waals surface area contributed by atoms with Gasteiger partial charge < -0.3 is 8.98 Å². The van der Waals surface area contributed by atoms with Crippen molar-refractivity contribution in [1.29, 1.82) is 0 Å². The van der Waals surface area contributed by atoms with E-state index < -0.39 is 9.84 Å². The molecule has 0 bridgehead atoms. The number of carbonyl (C=O) groups excluding carboxylic acids is 1. The van der Waals surface area contributed by atoms with Gasteiger partial charge in [-0.05, 0) is 39.2 Å². The second kappa shape index (κ2) is 6.53. The summed E-state index contributed by atoms with van der Waals surface area (Å²) < 4.78 is 31.1. The van der Waals surface area contributed by atoms with E-state index in [1.165, 1.54) is 11.8 Å². The van der Waals surface area contributed by atoms with Crippen LogP contribution < -0.4 is 0 Å². The number of hydrogen-bond acceptors (Lipinski definition) is 7. The fraction of sp³-hybridized carbons (Fsp3) is 0.588. The number of nitrogens with zero attached hydrogens (tertiary/aromatic N) is 3. The second-order valence-electron chi connectivity index (χ2n) is 7.10. The van der Waals surface area contributed by atoms with Gasteiger partial charge >= 0.3 is 0 Å². The zero-order valence-corrected chi connectivity index (χ0v) is 16.4. The van der Waals surface area contributed by atoms with Crippen molar-refractivity contribution in [2.75, 3.05) is 17.3 Å². The Bertz CT molecular complexity index is 957. The van der Waals surface area contributed by atoms with Crippen LogP contribution in [0, 0.1) is 13.8 Å². The molecule has 2 aromatic heterocycles. The first-order valence-corrected chi connectivity index (χ1v) is 11.5. The van der Waals surface area contributed by atoms with E-state index in [1.54, 1.807) is 0 Å². The summed E-state index contributed by atoms with van der Waals surface area (Å²) in [5, 5.41) is 8.44. The number of rotatable bonds is 6. The van der Waals surface area contributed by atoms with Crippen LogP contribution in [0.1, 0.15) is 58.9 Å². The molecule has 140 valence electrons. The van der Waals surface area contributed by atoms with E-state index in [0.717, 1.165) is 24.2 Å². The van der Waals surface area contributed by atoms with Crippen LogP contribution >= 0.6 is 11.8 Å². The summed E-state index contributed by atoms with van der Waals surface area (Å²) in [7, 11) is -2.97. The summed E-state index contributed by atoms with van der Waals surface area (Å²) >= 11 is 1.25. The minimum absolute atomic E-state index is 0.0126. The van der Waals surface area contributed by atoms with E-state index in [-0.39, 0.29) is 29.1 Å². The smallest absolute Gasteiger partial charge is 0.277 e. The van der Waals surface area contributed by atoms with Gasteiger partial charge in [0.05, 0.1) is 17.3 Å². The molecule has 9 heteroatoms. The van der Waals surface area contributed by atoms with Crippen molar-refractivity contribution in [2.24, 2.45) is 0 Å². The van der Waals surface area contributed by atoms with Crippen LogP contribution in [0.2, 0.25) is 0 Å². The highest BCUT2D eigenvalue weighted by Gasteiger charge is 2.32. The predicted octanol–water partition coefficient (Wildman–Crippen LogP) is 2.70. The Morgan fingerprint density at radius 2 is 2.08 bits per heavy atom. The van der Waals surface area contributed by atoms with E-state index in [0.29, 0.717) is 29.0 Å². The standard InChI is InChI=1S/C17H21N3O4S2/c1-10-7-14(11(2)20(10)13-5-6-26(22,23)9-13)15(21)8-25-17-19-18-16(24-17)12-3-4-12/h7,12-13H,3-6,8-9H2,1-2H3/t13-/m0/s1. The average molecular weight is 396 g/mol. The zero-order valence-electron chi connectivity index (χ0n) is 14.8. The first-order chi connectivity index (χ1) is 12.3. The molecule has 0 amide bonds. The monoisotopic (exact) mass is 395 g/mol. The van der Waals surface area contributed by atoms with Crippen LogP contribution in [0.3, 0.4) is 0 Å². The molecule has 0 radical (unpaired) electrons. The molecule has 1 saturated heterocycles. The van der Waals surface area contributed by atoms with E-state index >= 15 is 0 Å². The van der Waals surface area contributed by atoms with Gasteiger partial charge in [0.2, 0.25) is 5.89 Å². The topological polar surface area (TPSA) is 95.1 Å². The van der Waals surface area contributed by atoms with E-state index in [1.807, 2.05) is 24.5 Å². The first kappa shape index (κ1) is 17.8. The molecule has 2 aromatic rings. The summed E-state index contributed by atoms with van der Waals surface area (Å²) in [6.45, 7) is 3.80. The minimum Gasteiger partial charge on any atom is -0.416 e. The molecular weight excluding hydrogens is 374 g/mol. The van der Waals surface area contributed by atoms with Gasteiger partial charge in [0.1, 0.15) is 0 Å². The maximum atomic E-state index is 12.7. The van der Waals surface area contributed by atoms with Gasteiger partial charge in [-0.15, -0.1) is 10.2 Å². The van der Waals surface area contributed by atoms with Crippen molar-refractivity contribution < 1.29 is 17.6 Å². The third-order valence-corrected chi connectivity index (χ3v) is 7.60. The molecule has 0 aromatic carbocycles. The van der Waals surface area contributed by atoms with Gasteiger partial charge in [-0.1, -0.05) is 11.8 Å². The molecule has 0 N–H and O–H groups in total. The van der Waals surface area contributed by atoms with Gasteiger partial charge in [-0.25, -0.2) is 8.42 Å². The molecule has 0 unspecified atom stereocenters. The number of aryl methyl sites for hydroxylation is 1. The van der Waals surface area contributed by atoms with Crippen molar-refractivity contribution in [1.82, 2.24) is 14.8 Å². The van der Waals surface area contributed by atoms with Gasteiger partial charge in [0, 0.05) is 28.9 Å². The van der Waals surface area contributed by atoms with Crippen molar-refractivity contribution >= 4 is 27.4 Å². The summed E-state index contributed by atoms with van der Waals surface area (Å²) in [4.78, 5) is 12.7.